The molecule has 21 heteroatoms. The van der Waals surface area contributed by atoms with E-state index in [2.05, 4.69) is 13.8 Å². The van der Waals surface area contributed by atoms with Crippen LogP contribution in [-0.2, 0) is 27.3 Å². The number of hydrogen-bond donors (Lipinski definition) is 7. The van der Waals surface area contributed by atoms with E-state index in [1.807, 2.05) is 0 Å². The molecule has 44 heavy (non-hydrogen) atoms. The van der Waals surface area contributed by atoms with Gasteiger partial charge in [-0.1, -0.05) is 83.9 Å². The van der Waals surface area contributed by atoms with Crippen LogP contribution in [0, 0.1) is 0 Å². The molecule has 1 fully saturated rings. The second-order valence-electron chi connectivity index (χ2n) is 9.47. The predicted octanol–water partition coefficient (Wildman–Crippen LogP) is 1.92. The van der Waals surface area contributed by atoms with E-state index in [1.54, 1.807) is 60.7 Å². The Morgan fingerprint density at radius 1 is 0.909 bits per heavy atom. The Hall–Kier alpha value is -1.97. The first-order valence-electron chi connectivity index (χ1n) is 12.3. The number of H-pyrrole nitrogens is 1. The fourth-order valence-electron chi connectivity index (χ4n) is 4.38. The fraction of sp³-hybridized carbons (Fsp3) is 0.304. The number of aliphatic hydroxyl groups is 2. The summed E-state index contributed by atoms with van der Waals surface area (Å²) in [5.74, 6) is -0.689. The Kier molecular flexibility index (Phi) is 10.3. The number of ether oxygens (including phenoxy) is 1. The molecule has 4 rings (SSSR count). The quantitative estimate of drug-likeness (QED) is 0.111. The van der Waals surface area contributed by atoms with Crippen molar-refractivity contribution < 1.29 is 57.1 Å². The van der Waals surface area contributed by atoms with E-state index in [4.69, 9.17) is 37.7 Å². The molecule has 0 radical (unpaired) electrons. The lowest BCUT2D eigenvalue weighted by atomic mass is 9.86. The largest absolute Gasteiger partial charge is 0.479 e. The third-order valence-corrected chi connectivity index (χ3v) is 14.2. The van der Waals surface area contributed by atoms with Gasteiger partial charge in [-0.3, -0.25) is 28.0 Å². The van der Waals surface area contributed by atoms with Gasteiger partial charge in [-0.2, -0.15) is 0 Å². The molecule has 0 amide bonds. The van der Waals surface area contributed by atoms with E-state index in [-0.39, 0.29) is 5.56 Å². The number of phosphoric acid groups is 1. The van der Waals surface area contributed by atoms with Crippen LogP contribution in [0.15, 0.2) is 76.4 Å². The minimum Gasteiger partial charge on any atom is -0.387 e. The smallest absolute Gasteiger partial charge is 0.387 e. The molecule has 0 spiro atoms. The molecule has 240 valence electrons. The number of aromatic amines is 1. The summed E-state index contributed by atoms with van der Waals surface area (Å²) in [5, 5.41) is 21.2. The lowest BCUT2D eigenvalue weighted by Crippen LogP contribution is -2.39. The summed E-state index contributed by atoms with van der Waals surface area (Å²) in [6.07, 6.45) is -5.98. The van der Waals surface area contributed by atoms with Crippen LogP contribution in [0.25, 0.3) is 0 Å². The lowest BCUT2D eigenvalue weighted by Gasteiger charge is -2.26. The lowest BCUT2D eigenvalue weighted by molar-refractivity contribution is -0.0542. The molecular formula is C23H25Cl2N2O14P3. The Labute approximate surface area is 257 Å². The van der Waals surface area contributed by atoms with Crippen LogP contribution < -0.4 is 11.2 Å². The Morgan fingerprint density at radius 2 is 1.43 bits per heavy atom. The molecule has 1 saturated heterocycles. The van der Waals surface area contributed by atoms with Gasteiger partial charge in [0.15, 0.2) is 6.23 Å². The van der Waals surface area contributed by atoms with Gasteiger partial charge < -0.3 is 34.5 Å². The van der Waals surface area contributed by atoms with Crippen molar-refractivity contribution in [2.45, 2.75) is 34.3 Å². The van der Waals surface area contributed by atoms with Crippen molar-refractivity contribution >= 4 is 46.2 Å². The number of hydrogen-bond acceptors (Lipinski definition) is 10. The highest BCUT2D eigenvalue weighted by Gasteiger charge is 2.62. The molecular weight excluding hydrogens is 692 g/mol. The average molecular weight is 717 g/mol. The van der Waals surface area contributed by atoms with E-state index >= 15 is 0 Å². The molecule has 0 aliphatic carbocycles. The molecule has 0 saturated carbocycles. The maximum Gasteiger partial charge on any atom is 0.479 e. The summed E-state index contributed by atoms with van der Waals surface area (Å²) in [6, 6.07) is 17.6. The van der Waals surface area contributed by atoms with E-state index in [9.17, 15) is 43.3 Å². The van der Waals surface area contributed by atoms with E-state index in [0.29, 0.717) is 11.1 Å². The van der Waals surface area contributed by atoms with Crippen molar-refractivity contribution in [3.8, 4) is 0 Å². The third kappa shape index (κ3) is 7.20. The van der Waals surface area contributed by atoms with Gasteiger partial charge in [0.1, 0.15) is 18.3 Å². The van der Waals surface area contributed by atoms with Crippen molar-refractivity contribution in [3.63, 3.8) is 0 Å². The summed E-state index contributed by atoms with van der Waals surface area (Å²) >= 11 is 10.5. The Morgan fingerprint density at radius 3 is 1.93 bits per heavy atom. The van der Waals surface area contributed by atoms with Gasteiger partial charge in [-0.15, -0.1) is 0 Å². The van der Waals surface area contributed by atoms with Crippen LogP contribution >= 0.6 is 46.2 Å². The van der Waals surface area contributed by atoms with Gasteiger partial charge >= 0.3 is 32.5 Å². The zero-order chi connectivity index (χ0) is 32.7. The van der Waals surface area contributed by atoms with E-state index in [1.165, 1.54) is 0 Å². The van der Waals surface area contributed by atoms with Crippen molar-refractivity contribution in [2.75, 3.05) is 6.61 Å². The highest BCUT2D eigenvalue weighted by Crippen LogP contribution is 2.79. The topological polar surface area (TPSA) is 255 Å². The molecule has 1 aliphatic heterocycles. The molecule has 7 N–H and O–H groups in total. The predicted molar refractivity (Wildman–Crippen MR) is 154 cm³/mol. The van der Waals surface area contributed by atoms with Gasteiger partial charge in [0.2, 0.25) is 0 Å². The molecule has 6 atom stereocenters. The zero-order valence-corrected chi connectivity index (χ0v) is 26.1. The molecule has 1 aliphatic rings. The molecule has 2 unspecified atom stereocenters. The van der Waals surface area contributed by atoms with Crippen molar-refractivity contribution in [2.24, 2.45) is 0 Å². The highest BCUT2D eigenvalue weighted by atomic mass is 35.5. The molecule has 0 bridgehead atoms. The molecule has 16 nitrogen and oxygen atoms in total. The zero-order valence-electron chi connectivity index (χ0n) is 21.9. The van der Waals surface area contributed by atoms with Crippen molar-refractivity contribution in [1.82, 2.24) is 9.55 Å². The number of benzene rings is 2. The van der Waals surface area contributed by atoms with E-state index < -0.39 is 75.1 Å². The fourth-order valence-corrected chi connectivity index (χ4v) is 8.62. The first kappa shape index (κ1) is 34.9. The van der Waals surface area contributed by atoms with E-state index in [0.717, 1.165) is 10.8 Å². The number of nitrogens with one attached hydrogen (secondary N) is 1. The standard InChI is InChI=1S/C23H25Cl2N2O14P3/c24-23(25,42(32,33)34)43(35,36)41-44(37,38)39-12-16-18(28)19(29)21(40-16)27-11-15(20(30)26-22(27)31)17(13-7-3-1-4-8-13)14-9-5-2-6-10-14/h1-11,16-19,21,28-29H,12H2,(H,35,36)(H,37,38)(H,26,30,31)(H2,32,33,34)/t16-,18-,19-,21-/m1/s1. The second kappa shape index (κ2) is 13.0. The number of phosphoric ester groups is 1. The summed E-state index contributed by atoms with van der Waals surface area (Å²) in [6.45, 7) is -1.13. The van der Waals surface area contributed by atoms with Crippen molar-refractivity contribution in [3.05, 3.63) is 104 Å². The van der Waals surface area contributed by atoms with Gasteiger partial charge in [0, 0.05) is 17.7 Å². The number of aromatic nitrogens is 2. The Bertz CT molecular complexity index is 1710. The molecule has 1 aromatic heterocycles. The van der Waals surface area contributed by atoms with Gasteiger partial charge in [0.05, 0.1) is 6.61 Å². The molecule has 2 aromatic carbocycles. The molecule has 3 aromatic rings. The first-order valence-corrected chi connectivity index (χ1v) is 17.7. The number of rotatable bonds is 11. The number of alkyl halides is 2. The maximum atomic E-state index is 13.0. The summed E-state index contributed by atoms with van der Waals surface area (Å²) in [4.78, 5) is 65.9. The summed E-state index contributed by atoms with van der Waals surface area (Å²) in [7, 11) is -17.4. The highest BCUT2D eigenvalue weighted by molar-refractivity contribution is 7.81. The SMILES string of the molecule is O=c1[nH]c(=O)n([C@@H]2O[C@H](COP(=O)(O)OP(=O)(O)C(Cl)(Cl)P(=O)(O)O)[C@@H](O)[C@H]2O)cc1C(c1ccccc1)c1ccccc1. The van der Waals surface area contributed by atoms with Crippen LogP contribution in [0.3, 0.4) is 0 Å². The van der Waals surface area contributed by atoms with Crippen LogP contribution in [0.2, 0.25) is 0 Å². The number of aliphatic hydroxyl groups excluding tert-OH is 2. The second-order valence-corrected chi connectivity index (χ2v) is 17.5. The first-order chi connectivity index (χ1) is 20.4. The monoisotopic (exact) mass is 716 g/mol. The van der Waals surface area contributed by atoms with Crippen LogP contribution in [-0.4, -0.2) is 68.1 Å². The van der Waals surface area contributed by atoms with Crippen LogP contribution in [0.4, 0.5) is 0 Å². The van der Waals surface area contributed by atoms with Crippen LogP contribution in [0.5, 0.6) is 0 Å². The normalized spacial score (nSPS) is 23.8. The summed E-state index contributed by atoms with van der Waals surface area (Å²) in [5.41, 5.74) is -0.342. The third-order valence-electron chi connectivity index (χ3n) is 6.49. The summed E-state index contributed by atoms with van der Waals surface area (Å²) < 4.78 is 46.8. The van der Waals surface area contributed by atoms with Crippen LogP contribution in [0.1, 0.15) is 28.8 Å². The number of halogens is 2. The van der Waals surface area contributed by atoms with Gasteiger partial charge in [0.25, 0.3) is 5.56 Å². The van der Waals surface area contributed by atoms with Gasteiger partial charge in [-0.25, -0.2) is 13.7 Å². The minimum absolute atomic E-state index is 0.0645. The number of nitrogens with zero attached hydrogens (tertiary/aromatic N) is 1. The average Bonchev–Trinajstić information content (AvgIpc) is 3.22. The minimum atomic E-state index is -5.97. The molecule has 2 heterocycles. The Balaban J connectivity index is 1.60. The van der Waals surface area contributed by atoms with Gasteiger partial charge in [-0.05, 0) is 11.1 Å². The maximum absolute atomic E-state index is 13.0. The van der Waals surface area contributed by atoms with Crippen molar-refractivity contribution in [1.29, 1.82) is 0 Å².